The van der Waals surface area contributed by atoms with Gasteiger partial charge in [0.05, 0.1) is 5.56 Å². The minimum Gasteiger partial charge on any atom is -0.206 e. The molecule has 0 spiro atoms. The Morgan fingerprint density at radius 3 is 1.62 bits per heavy atom. The predicted molar refractivity (Wildman–Crippen MR) is 126 cm³/mol. The van der Waals surface area contributed by atoms with E-state index < -0.39 is 74.4 Å². The van der Waals surface area contributed by atoms with Crippen molar-refractivity contribution in [3.63, 3.8) is 0 Å². The van der Waals surface area contributed by atoms with Gasteiger partial charge in [-0.3, -0.25) is 0 Å². The van der Waals surface area contributed by atoms with Crippen LogP contribution in [-0.4, -0.2) is 0 Å². The second-order valence-corrected chi connectivity index (χ2v) is 8.63. The Hall–Kier alpha value is -3.68. The molecule has 0 aromatic heterocycles. The minimum absolute atomic E-state index is 0.133. The summed E-state index contributed by atoms with van der Waals surface area (Å²) in [5.74, 6) is -10.8. The van der Waals surface area contributed by atoms with E-state index in [1.165, 1.54) is 18.2 Å². The number of halogens is 8. The molecule has 0 aliphatic carbocycles. The molecule has 8 heteroatoms. The summed E-state index contributed by atoms with van der Waals surface area (Å²) in [6.45, 7) is 2.00. The lowest BCUT2D eigenvalue weighted by atomic mass is 9.95. The van der Waals surface area contributed by atoms with E-state index in [0.717, 1.165) is 43.5 Å². The number of hydrogen-bond donors (Lipinski definition) is 0. The summed E-state index contributed by atoms with van der Waals surface area (Å²) in [5, 5.41) is 0. The second kappa shape index (κ2) is 10.7. The molecule has 0 saturated heterocycles. The Labute approximate surface area is 208 Å². The second-order valence-electron chi connectivity index (χ2n) is 8.63. The largest absolute Gasteiger partial charge is 0.206 e. The van der Waals surface area contributed by atoms with Crippen LogP contribution in [0.15, 0.2) is 54.6 Å². The van der Waals surface area contributed by atoms with Crippen LogP contribution in [0.3, 0.4) is 0 Å². The Balaban J connectivity index is 1.69. The van der Waals surface area contributed by atoms with Crippen LogP contribution in [0.4, 0.5) is 35.1 Å². The third-order valence-electron chi connectivity index (χ3n) is 6.10. The fourth-order valence-electron chi connectivity index (χ4n) is 4.21. The summed E-state index contributed by atoms with van der Waals surface area (Å²) in [4.78, 5) is 0. The highest BCUT2D eigenvalue weighted by atomic mass is 19.2. The molecule has 0 atom stereocenters. The van der Waals surface area contributed by atoms with Crippen molar-refractivity contribution in [2.24, 2.45) is 0 Å². The molecule has 0 heterocycles. The van der Waals surface area contributed by atoms with E-state index in [9.17, 15) is 35.1 Å². The first kappa shape index (κ1) is 26.4. The van der Waals surface area contributed by atoms with Gasteiger partial charge in [0.25, 0.3) is 0 Å². The lowest BCUT2D eigenvalue weighted by Crippen LogP contribution is -1.99. The maximum atomic E-state index is 15.0. The molecule has 4 aromatic rings. The van der Waals surface area contributed by atoms with Gasteiger partial charge in [-0.15, -0.1) is 0 Å². The van der Waals surface area contributed by atoms with Crippen LogP contribution in [0.2, 0.25) is 0 Å². The van der Waals surface area contributed by atoms with Gasteiger partial charge in [0.15, 0.2) is 29.1 Å². The topological polar surface area (TPSA) is 0 Å². The molecule has 0 bridgehead atoms. The van der Waals surface area contributed by atoms with E-state index >= 15 is 0 Å². The smallest absolute Gasteiger partial charge is 0.194 e. The highest BCUT2D eigenvalue weighted by molar-refractivity contribution is 5.75. The van der Waals surface area contributed by atoms with Gasteiger partial charge in [-0.2, -0.15) is 0 Å². The van der Waals surface area contributed by atoms with Gasteiger partial charge in [0, 0.05) is 16.7 Å². The van der Waals surface area contributed by atoms with Gasteiger partial charge in [-0.05, 0) is 59.9 Å². The fourth-order valence-corrected chi connectivity index (χ4v) is 4.21. The van der Waals surface area contributed by atoms with Gasteiger partial charge in [-0.25, -0.2) is 35.1 Å². The van der Waals surface area contributed by atoms with Crippen molar-refractivity contribution in [2.45, 2.75) is 32.6 Å². The Kier molecular flexibility index (Phi) is 7.66. The van der Waals surface area contributed by atoms with Crippen molar-refractivity contribution in [1.29, 1.82) is 0 Å². The zero-order valence-electron chi connectivity index (χ0n) is 19.5. The van der Waals surface area contributed by atoms with Crippen LogP contribution in [0.25, 0.3) is 33.4 Å². The molecule has 0 unspecified atom stereocenters. The zero-order valence-corrected chi connectivity index (χ0v) is 19.5. The molecule has 37 heavy (non-hydrogen) atoms. The number of rotatable bonds is 7. The highest BCUT2D eigenvalue weighted by Crippen LogP contribution is 2.36. The van der Waals surface area contributed by atoms with Crippen LogP contribution in [0, 0.1) is 46.5 Å². The molecule has 0 saturated carbocycles. The predicted octanol–water partition coefficient (Wildman–Crippen LogP) is 9.53. The van der Waals surface area contributed by atoms with E-state index in [-0.39, 0.29) is 5.56 Å². The third-order valence-corrected chi connectivity index (χ3v) is 6.10. The van der Waals surface area contributed by atoms with Crippen LogP contribution < -0.4 is 0 Å². The molecule has 0 N–H and O–H groups in total. The normalized spacial score (nSPS) is 11.3. The average Bonchev–Trinajstić information content (AvgIpc) is 2.84. The molecule has 0 amide bonds. The fraction of sp³-hybridized carbons (Fsp3) is 0.172. The van der Waals surface area contributed by atoms with Gasteiger partial charge < -0.3 is 0 Å². The van der Waals surface area contributed by atoms with Crippen molar-refractivity contribution in [1.82, 2.24) is 0 Å². The molecular formula is C29H20F8. The standard InChI is InChI=1S/C29H20F8/c1-2-3-4-5-15-10-22(31)26(23(32)11-15)16-6-7-19(21(30)12-16)20-9-8-18(27(35)28(20)36)17-13-24(33)29(37)25(34)14-17/h6-14H,2-5H2,1H3. The first-order valence-electron chi connectivity index (χ1n) is 11.5. The first-order valence-corrected chi connectivity index (χ1v) is 11.5. The van der Waals surface area contributed by atoms with Crippen molar-refractivity contribution in [2.75, 3.05) is 0 Å². The Bertz CT molecular complexity index is 1430. The lowest BCUT2D eigenvalue weighted by molar-refractivity contribution is 0.447. The Morgan fingerprint density at radius 1 is 0.486 bits per heavy atom. The van der Waals surface area contributed by atoms with Crippen LogP contribution in [0.1, 0.15) is 31.7 Å². The van der Waals surface area contributed by atoms with Crippen molar-refractivity contribution in [3.05, 3.63) is 107 Å². The number of unbranched alkanes of at least 4 members (excludes halogenated alkanes) is 2. The summed E-state index contributed by atoms with van der Waals surface area (Å²) in [6, 6.07) is 8.36. The maximum Gasteiger partial charge on any atom is 0.194 e. The quantitative estimate of drug-likeness (QED) is 0.129. The van der Waals surface area contributed by atoms with Gasteiger partial charge in [0.1, 0.15) is 17.5 Å². The summed E-state index contributed by atoms with van der Waals surface area (Å²) >= 11 is 0. The summed E-state index contributed by atoms with van der Waals surface area (Å²) in [6.07, 6.45) is 3.12. The SMILES string of the molecule is CCCCCc1cc(F)c(-c2ccc(-c3ccc(-c4cc(F)c(F)c(F)c4)c(F)c3F)c(F)c2)c(F)c1. The summed E-state index contributed by atoms with van der Waals surface area (Å²) < 4.78 is 114. The van der Waals surface area contributed by atoms with Crippen molar-refractivity contribution in [3.8, 4) is 33.4 Å². The zero-order chi connectivity index (χ0) is 26.9. The number of hydrogen-bond acceptors (Lipinski definition) is 0. The number of aryl methyl sites for hydroxylation is 1. The molecule has 4 aromatic carbocycles. The lowest BCUT2D eigenvalue weighted by Gasteiger charge is -2.13. The summed E-state index contributed by atoms with van der Waals surface area (Å²) in [7, 11) is 0. The van der Waals surface area contributed by atoms with E-state index in [1.54, 1.807) is 0 Å². The number of benzene rings is 4. The van der Waals surface area contributed by atoms with E-state index in [1.807, 2.05) is 6.92 Å². The van der Waals surface area contributed by atoms with Gasteiger partial charge in [0.2, 0.25) is 0 Å². The molecule has 0 aliphatic rings. The van der Waals surface area contributed by atoms with E-state index in [2.05, 4.69) is 0 Å². The third kappa shape index (κ3) is 5.24. The van der Waals surface area contributed by atoms with E-state index in [4.69, 9.17) is 0 Å². The Morgan fingerprint density at radius 2 is 1.03 bits per heavy atom. The average molecular weight is 520 g/mol. The van der Waals surface area contributed by atoms with Crippen LogP contribution in [0.5, 0.6) is 0 Å². The molecule has 0 fully saturated rings. The first-order chi connectivity index (χ1) is 17.6. The molecule has 0 aliphatic heterocycles. The monoisotopic (exact) mass is 520 g/mol. The van der Waals surface area contributed by atoms with Crippen molar-refractivity contribution < 1.29 is 35.1 Å². The minimum atomic E-state index is -1.76. The molecule has 4 rings (SSSR count). The molecular weight excluding hydrogens is 500 g/mol. The molecule has 192 valence electrons. The highest BCUT2D eigenvalue weighted by Gasteiger charge is 2.22. The van der Waals surface area contributed by atoms with Gasteiger partial charge in [-0.1, -0.05) is 44.0 Å². The van der Waals surface area contributed by atoms with Gasteiger partial charge >= 0.3 is 0 Å². The van der Waals surface area contributed by atoms with E-state index in [0.29, 0.717) is 24.1 Å². The van der Waals surface area contributed by atoms with Crippen LogP contribution >= 0.6 is 0 Å². The summed E-state index contributed by atoms with van der Waals surface area (Å²) in [5.41, 5.74) is -2.07. The molecule has 0 radical (unpaired) electrons. The molecule has 0 nitrogen and oxygen atoms in total. The van der Waals surface area contributed by atoms with Crippen molar-refractivity contribution >= 4 is 0 Å². The van der Waals surface area contributed by atoms with Crippen LogP contribution in [-0.2, 0) is 6.42 Å². The maximum absolute atomic E-state index is 15.0.